The van der Waals surface area contributed by atoms with Gasteiger partial charge < -0.3 is 5.32 Å². The maximum absolute atomic E-state index is 4.43. The number of rotatable bonds is 4. The van der Waals surface area contributed by atoms with Crippen LogP contribution in [0.15, 0.2) is 42.7 Å². The number of hydrogen-bond acceptors (Lipinski definition) is 3. The van der Waals surface area contributed by atoms with Gasteiger partial charge in [0, 0.05) is 31.2 Å². The second-order valence-electron chi connectivity index (χ2n) is 3.73. The summed E-state index contributed by atoms with van der Waals surface area (Å²) in [5, 5.41) is 3.35. The van der Waals surface area contributed by atoms with Crippen LogP contribution in [0.25, 0.3) is 0 Å². The van der Waals surface area contributed by atoms with Crippen molar-refractivity contribution in [1.82, 2.24) is 15.3 Å². The number of nitrogens with one attached hydrogen (secondary N) is 1. The van der Waals surface area contributed by atoms with Crippen molar-refractivity contribution in [2.45, 2.75) is 20.0 Å². The quantitative estimate of drug-likeness (QED) is 0.845. The third-order valence-corrected chi connectivity index (χ3v) is 2.33. The minimum absolute atomic E-state index is 0.796. The van der Waals surface area contributed by atoms with E-state index in [9.17, 15) is 0 Å². The van der Waals surface area contributed by atoms with Gasteiger partial charge in [0.1, 0.15) is 0 Å². The van der Waals surface area contributed by atoms with Gasteiger partial charge in [-0.3, -0.25) is 9.97 Å². The van der Waals surface area contributed by atoms with Gasteiger partial charge in [0.2, 0.25) is 0 Å². The predicted molar refractivity (Wildman–Crippen MR) is 63.8 cm³/mol. The monoisotopic (exact) mass is 213 g/mol. The number of hydrogen-bond donors (Lipinski definition) is 1. The Hall–Kier alpha value is -1.74. The van der Waals surface area contributed by atoms with Crippen LogP contribution < -0.4 is 5.32 Å². The van der Waals surface area contributed by atoms with E-state index in [0.29, 0.717) is 0 Å². The molecule has 0 unspecified atom stereocenters. The molecule has 0 radical (unpaired) electrons. The van der Waals surface area contributed by atoms with E-state index in [4.69, 9.17) is 0 Å². The molecule has 0 aromatic carbocycles. The summed E-state index contributed by atoms with van der Waals surface area (Å²) in [6, 6.07) is 10.1. The lowest BCUT2D eigenvalue weighted by atomic mass is 10.2. The first-order valence-corrected chi connectivity index (χ1v) is 5.37. The molecule has 0 saturated carbocycles. The summed E-state index contributed by atoms with van der Waals surface area (Å²) < 4.78 is 0. The van der Waals surface area contributed by atoms with Gasteiger partial charge >= 0.3 is 0 Å². The van der Waals surface area contributed by atoms with Crippen molar-refractivity contribution in [1.29, 1.82) is 0 Å². The molecule has 0 bridgehead atoms. The SMILES string of the molecule is Cc1cccc(CNCc2ccncc2)n1. The van der Waals surface area contributed by atoms with Gasteiger partial charge in [-0.1, -0.05) is 6.07 Å². The fraction of sp³-hybridized carbons (Fsp3) is 0.231. The molecule has 1 N–H and O–H groups in total. The lowest BCUT2D eigenvalue weighted by Gasteiger charge is -2.04. The third-order valence-electron chi connectivity index (χ3n) is 2.33. The Morgan fingerprint density at radius 2 is 1.88 bits per heavy atom. The first kappa shape index (κ1) is 10.8. The van der Waals surface area contributed by atoms with Crippen molar-refractivity contribution in [3.05, 3.63) is 59.7 Å². The molecular weight excluding hydrogens is 198 g/mol. The molecule has 16 heavy (non-hydrogen) atoms. The van der Waals surface area contributed by atoms with Gasteiger partial charge in [0.15, 0.2) is 0 Å². The molecule has 3 heteroatoms. The molecule has 82 valence electrons. The second kappa shape index (κ2) is 5.37. The predicted octanol–water partition coefficient (Wildman–Crippen LogP) is 2.07. The van der Waals surface area contributed by atoms with Gasteiger partial charge in [-0.25, -0.2) is 0 Å². The molecule has 0 spiro atoms. The van der Waals surface area contributed by atoms with Crippen LogP contribution in [0.2, 0.25) is 0 Å². The lowest BCUT2D eigenvalue weighted by molar-refractivity contribution is 0.677. The maximum atomic E-state index is 4.43. The van der Waals surface area contributed by atoms with Crippen LogP contribution in [-0.4, -0.2) is 9.97 Å². The summed E-state index contributed by atoms with van der Waals surface area (Å²) in [5.41, 5.74) is 3.37. The van der Waals surface area contributed by atoms with Crippen molar-refractivity contribution in [2.24, 2.45) is 0 Å². The normalized spacial score (nSPS) is 10.3. The average Bonchev–Trinajstić information content (AvgIpc) is 2.30. The zero-order valence-electron chi connectivity index (χ0n) is 9.35. The molecule has 0 amide bonds. The molecule has 0 fully saturated rings. The summed E-state index contributed by atoms with van der Waals surface area (Å²) >= 11 is 0. The molecule has 0 aliphatic rings. The van der Waals surface area contributed by atoms with Crippen LogP contribution in [0, 0.1) is 6.92 Å². The standard InChI is InChI=1S/C13H15N3/c1-11-3-2-4-13(16-11)10-15-9-12-5-7-14-8-6-12/h2-8,15H,9-10H2,1H3. The number of aryl methyl sites for hydroxylation is 1. The largest absolute Gasteiger partial charge is 0.307 e. The fourth-order valence-electron chi connectivity index (χ4n) is 1.53. The van der Waals surface area contributed by atoms with Crippen molar-refractivity contribution < 1.29 is 0 Å². The minimum atomic E-state index is 0.796. The van der Waals surface area contributed by atoms with E-state index in [0.717, 1.165) is 24.5 Å². The highest BCUT2D eigenvalue weighted by Crippen LogP contribution is 1.99. The Morgan fingerprint density at radius 3 is 2.62 bits per heavy atom. The Balaban J connectivity index is 1.85. The van der Waals surface area contributed by atoms with Crippen LogP contribution in [0.5, 0.6) is 0 Å². The zero-order chi connectivity index (χ0) is 11.2. The molecule has 2 aromatic heterocycles. The zero-order valence-corrected chi connectivity index (χ0v) is 9.35. The van der Waals surface area contributed by atoms with Crippen molar-refractivity contribution in [2.75, 3.05) is 0 Å². The van der Waals surface area contributed by atoms with Crippen molar-refractivity contribution in [3.8, 4) is 0 Å². The van der Waals surface area contributed by atoms with E-state index in [1.54, 1.807) is 0 Å². The Kier molecular flexibility index (Phi) is 3.62. The molecule has 2 aromatic rings. The molecule has 0 saturated heterocycles. The first-order valence-electron chi connectivity index (χ1n) is 5.37. The highest BCUT2D eigenvalue weighted by Gasteiger charge is 1.95. The highest BCUT2D eigenvalue weighted by molar-refractivity contribution is 5.11. The van der Waals surface area contributed by atoms with Crippen molar-refractivity contribution in [3.63, 3.8) is 0 Å². The Morgan fingerprint density at radius 1 is 1.06 bits per heavy atom. The van der Waals surface area contributed by atoms with E-state index in [-0.39, 0.29) is 0 Å². The highest BCUT2D eigenvalue weighted by atomic mass is 14.9. The molecular formula is C13H15N3. The maximum Gasteiger partial charge on any atom is 0.0544 e. The fourth-order valence-corrected chi connectivity index (χ4v) is 1.53. The minimum Gasteiger partial charge on any atom is -0.307 e. The van der Waals surface area contributed by atoms with Crippen LogP contribution in [0.3, 0.4) is 0 Å². The van der Waals surface area contributed by atoms with Crippen molar-refractivity contribution >= 4 is 0 Å². The Labute approximate surface area is 95.6 Å². The van der Waals surface area contributed by atoms with E-state index in [1.165, 1.54) is 5.56 Å². The van der Waals surface area contributed by atoms with Gasteiger partial charge in [0.05, 0.1) is 5.69 Å². The molecule has 0 aliphatic carbocycles. The second-order valence-corrected chi connectivity index (χ2v) is 3.73. The molecule has 0 aliphatic heterocycles. The van der Waals surface area contributed by atoms with Crippen LogP contribution in [0.4, 0.5) is 0 Å². The Bertz CT molecular complexity index is 440. The van der Waals surface area contributed by atoms with E-state index >= 15 is 0 Å². The van der Waals surface area contributed by atoms with E-state index in [1.807, 2.05) is 49.6 Å². The number of pyridine rings is 2. The van der Waals surface area contributed by atoms with Crippen LogP contribution in [-0.2, 0) is 13.1 Å². The summed E-state index contributed by atoms with van der Waals surface area (Å²) in [4.78, 5) is 8.41. The summed E-state index contributed by atoms with van der Waals surface area (Å²) in [5.74, 6) is 0. The van der Waals surface area contributed by atoms with E-state index in [2.05, 4.69) is 15.3 Å². The third kappa shape index (κ3) is 3.14. The summed E-state index contributed by atoms with van der Waals surface area (Å²) in [6.07, 6.45) is 3.61. The number of aromatic nitrogens is 2. The van der Waals surface area contributed by atoms with Crippen LogP contribution >= 0.6 is 0 Å². The smallest absolute Gasteiger partial charge is 0.0544 e. The topological polar surface area (TPSA) is 37.8 Å². The molecule has 0 atom stereocenters. The van der Waals surface area contributed by atoms with Gasteiger partial charge in [-0.15, -0.1) is 0 Å². The molecule has 3 nitrogen and oxygen atoms in total. The first-order chi connectivity index (χ1) is 7.84. The number of nitrogens with zero attached hydrogens (tertiary/aromatic N) is 2. The van der Waals surface area contributed by atoms with Crippen LogP contribution in [0.1, 0.15) is 17.0 Å². The van der Waals surface area contributed by atoms with E-state index < -0.39 is 0 Å². The molecule has 2 heterocycles. The van der Waals surface area contributed by atoms with Gasteiger partial charge in [-0.2, -0.15) is 0 Å². The average molecular weight is 213 g/mol. The summed E-state index contributed by atoms with van der Waals surface area (Å²) in [7, 11) is 0. The van der Waals surface area contributed by atoms with Gasteiger partial charge in [0.25, 0.3) is 0 Å². The molecule has 2 rings (SSSR count). The summed E-state index contributed by atoms with van der Waals surface area (Å²) in [6.45, 7) is 3.65. The lowest BCUT2D eigenvalue weighted by Crippen LogP contribution is -2.13. The van der Waals surface area contributed by atoms with Gasteiger partial charge in [-0.05, 0) is 36.8 Å².